The number of rotatable bonds is 9. The van der Waals surface area contributed by atoms with Crippen molar-refractivity contribution < 1.29 is 9.90 Å². The molecule has 11 nitrogen and oxygen atoms in total. The molecule has 5 N–H and O–H groups in total. The molecule has 2 saturated heterocycles. The maximum absolute atomic E-state index is 12.3. The van der Waals surface area contributed by atoms with Gasteiger partial charge >= 0.3 is 0 Å². The molecule has 0 aliphatic carbocycles. The van der Waals surface area contributed by atoms with Crippen molar-refractivity contribution in [1.29, 1.82) is 0 Å². The molecule has 5 rings (SSSR count). The van der Waals surface area contributed by atoms with E-state index in [1.54, 1.807) is 0 Å². The number of carbonyl (C=O) groups is 1. The van der Waals surface area contributed by atoms with Gasteiger partial charge in [0.1, 0.15) is 5.84 Å². The highest BCUT2D eigenvalue weighted by molar-refractivity contribution is 6.32. The zero-order valence-electron chi connectivity index (χ0n) is 23.5. The quantitative estimate of drug-likeness (QED) is 0.339. The van der Waals surface area contributed by atoms with E-state index in [1.807, 2.05) is 12.1 Å². The molecule has 0 unspecified atom stereocenters. The molecule has 2 fully saturated rings. The summed E-state index contributed by atoms with van der Waals surface area (Å²) in [4.78, 5) is 32.9. The number of nitrogen functional groups attached to an aromatic ring is 1. The Hall–Kier alpha value is -2.70. The van der Waals surface area contributed by atoms with Gasteiger partial charge in [0, 0.05) is 61.9 Å². The summed E-state index contributed by atoms with van der Waals surface area (Å²) in [6, 6.07) is 7.00. The molecule has 1 amide bonds. The lowest BCUT2D eigenvalue weighted by atomic mass is 9.97. The fraction of sp³-hybridized carbons (Fsp3) is 0.571. The minimum Gasteiger partial charge on any atom is -0.395 e. The molecular formula is C28H39Cl2N9O2. The number of piperazine rings is 1. The lowest BCUT2D eigenvalue weighted by Crippen LogP contribution is -2.58. The second-order valence-electron chi connectivity index (χ2n) is 10.8. The number of amidine groups is 1. The fourth-order valence-corrected chi connectivity index (χ4v) is 6.50. The van der Waals surface area contributed by atoms with Crippen LogP contribution in [0.5, 0.6) is 0 Å². The standard InChI is InChI=1S/C28H39Cl2N9O2/c1-2-20-17-38(27-24(30)35-23(25(31)36-27)28(41)34-9-14-40)12-13-39(20)21-5-10-37(11-6-21)16-18-3-4-19(29)15-22(18)26-32-7-8-33-26/h3-4,15,20-21,40H,2,5-14,16-17H2,1H3,(H2,31,36)(H,32,33)(H,34,41)/t20-/m0/s1. The van der Waals surface area contributed by atoms with Gasteiger partial charge in [-0.15, -0.1) is 0 Å². The minimum atomic E-state index is -0.503. The molecule has 3 aliphatic heterocycles. The van der Waals surface area contributed by atoms with Crippen molar-refractivity contribution in [2.45, 2.75) is 44.8 Å². The van der Waals surface area contributed by atoms with Crippen molar-refractivity contribution in [3.8, 4) is 0 Å². The number of hydrogen-bond donors (Lipinski definition) is 4. The zero-order chi connectivity index (χ0) is 28.9. The number of benzene rings is 1. The number of nitrogens with two attached hydrogens (primary N) is 1. The summed E-state index contributed by atoms with van der Waals surface area (Å²) in [5.41, 5.74) is 8.43. The van der Waals surface area contributed by atoms with Crippen molar-refractivity contribution in [3.63, 3.8) is 0 Å². The van der Waals surface area contributed by atoms with Gasteiger partial charge in [-0.25, -0.2) is 9.97 Å². The lowest BCUT2D eigenvalue weighted by molar-refractivity contribution is 0.0610. The first-order valence-corrected chi connectivity index (χ1v) is 15.2. The van der Waals surface area contributed by atoms with E-state index < -0.39 is 5.91 Å². The number of aliphatic hydroxyl groups excluding tert-OH is 1. The summed E-state index contributed by atoms with van der Waals surface area (Å²) in [6.07, 6.45) is 3.23. The molecule has 1 aromatic carbocycles. The number of aliphatic hydroxyl groups is 1. The van der Waals surface area contributed by atoms with E-state index >= 15 is 0 Å². The maximum atomic E-state index is 12.3. The number of carbonyl (C=O) groups excluding carboxylic acids is 1. The number of anilines is 2. The monoisotopic (exact) mass is 603 g/mol. The van der Waals surface area contributed by atoms with E-state index in [0.717, 1.165) is 88.0 Å². The van der Waals surface area contributed by atoms with Crippen molar-refractivity contribution in [2.24, 2.45) is 4.99 Å². The SMILES string of the molecule is CC[C@H]1CN(c2nc(N)c(C(=O)NCCO)nc2Cl)CCN1C1CCN(Cc2ccc(Cl)cc2C2=NCCN2)CC1. The number of halogens is 2. The predicted octanol–water partition coefficient (Wildman–Crippen LogP) is 2.00. The molecule has 0 spiro atoms. The smallest absolute Gasteiger partial charge is 0.273 e. The third-order valence-electron chi connectivity index (χ3n) is 8.20. The number of nitrogens with one attached hydrogen (secondary N) is 2. The van der Waals surface area contributed by atoms with E-state index in [9.17, 15) is 4.79 Å². The number of piperidine rings is 1. The third kappa shape index (κ3) is 6.86. The summed E-state index contributed by atoms with van der Waals surface area (Å²) in [7, 11) is 0. The molecule has 1 aromatic heterocycles. The van der Waals surface area contributed by atoms with Crippen LogP contribution < -0.4 is 21.3 Å². The summed E-state index contributed by atoms with van der Waals surface area (Å²) < 4.78 is 0. The number of hydrogen-bond acceptors (Lipinski definition) is 10. The van der Waals surface area contributed by atoms with Crippen LogP contribution in [0.1, 0.15) is 47.8 Å². The topological polar surface area (TPSA) is 135 Å². The Labute approximate surface area is 251 Å². The van der Waals surface area contributed by atoms with Crippen LogP contribution in [0, 0.1) is 0 Å². The number of aromatic nitrogens is 2. The summed E-state index contributed by atoms with van der Waals surface area (Å²) in [5, 5.41) is 15.8. The molecule has 1 atom stereocenters. The Bertz CT molecular complexity index is 1270. The van der Waals surface area contributed by atoms with Crippen molar-refractivity contribution in [1.82, 2.24) is 30.4 Å². The highest BCUT2D eigenvalue weighted by atomic mass is 35.5. The van der Waals surface area contributed by atoms with E-state index in [-0.39, 0.29) is 29.8 Å². The average Bonchev–Trinajstić information content (AvgIpc) is 3.53. The van der Waals surface area contributed by atoms with E-state index in [4.69, 9.17) is 34.0 Å². The van der Waals surface area contributed by atoms with Crippen LogP contribution in [-0.2, 0) is 6.54 Å². The molecule has 3 aliphatic rings. The summed E-state index contributed by atoms with van der Waals surface area (Å²) >= 11 is 12.8. The van der Waals surface area contributed by atoms with Gasteiger partial charge in [-0.1, -0.05) is 36.2 Å². The fourth-order valence-electron chi connectivity index (χ4n) is 6.08. The average molecular weight is 605 g/mol. The molecular weight excluding hydrogens is 565 g/mol. The van der Waals surface area contributed by atoms with Crippen LogP contribution in [0.2, 0.25) is 10.2 Å². The maximum Gasteiger partial charge on any atom is 0.273 e. The Balaban J connectivity index is 1.19. The number of amides is 1. The normalized spacial score (nSPS) is 20.6. The Kier molecular flexibility index (Phi) is 9.82. The molecule has 4 heterocycles. The molecule has 0 bridgehead atoms. The highest BCUT2D eigenvalue weighted by Gasteiger charge is 2.34. The first-order valence-electron chi connectivity index (χ1n) is 14.4. The van der Waals surface area contributed by atoms with Crippen LogP contribution in [0.3, 0.4) is 0 Å². The van der Waals surface area contributed by atoms with E-state index in [0.29, 0.717) is 17.9 Å². The number of aliphatic imine (C=N–C) groups is 1. The third-order valence-corrected chi connectivity index (χ3v) is 8.68. The van der Waals surface area contributed by atoms with Gasteiger partial charge in [-0.2, -0.15) is 0 Å². The van der Waals surface area contributed by atoms with Crippen LogP contribution >= 0.6 is 23.2 Å². The van der Waals surface area contributed by atoms with E-state index in [2.05, 4.69) is 53.3 Å². The van der Waals surface area contributed by atoms with Gasteiger partial charge in [0.2, 0.25) is 0 Å². The minimum absolute atomic E-state index is 0.0251. The molecule has 13 heteroatoms. The van der Waals surface area contributed by atoms with E-state index in [1.165, 1.54) is 5.56 Å². The molecule has 0 saturated carbocycles. The predicted molar refractivity (Wildman–Crippen MR) is 163 cm³/mol. The van der Waals surface area contributed by atoms with Crippen molar-refractivity contribution >= 4 is 46.6 Å². The molecule has 222 valence electrons. The van der Waals surface area contributed by atoms with Gasteiger partial charge in [-0.3, -0.25) is 19.6 Å². The van der Waals surface area contributed by atoms with Gasteiger partial charge in [0.05, 0.1) is 13.2 Å². The van der Waals surface area contributed by atoms with Gasteiger partial charge < -0.3 is 26.4 Å². The summed E-state index contributed by atoms with van der Waals surface area (Å²) in [6.45, 7) is 9.20. The van der Waals surface area contributed by atoms with Crippen molar-refractivity contribution in [3.05, 3.63) is 45.2 Å². The second-order valence-corrected chi connectivity index (χ2v) is 11.6. The zero-order valence-corrected chi connectivity index (χ0v) is 25.0. The Morgan fingerprint density at radius 2 is 2.00 bits per heavy atom. The first kappa shape index (κ1) is 29.8. The van der Waals surface area contributed by atoms with Crippen LogP contribution in [0.25, 0.3) is 0 Å². The van der Waals surface area contributed by atoms with Crippen LogP contribution in [-0.4, -0.2) is 108 Å². The highest BCUT2D eigenvalue weighted by Crippen LogP contribution is 2.30. The van der Waals surface area contributed by atoms with Crippen LogP contribution in [0.4, 0.5) is 11.6 Å². The molecule has 0 radical (unpaired) electrons. The number of likely N-dealkylation sites (tertiary alicyclic amines) is 1. The van der Waals surface area contributed by atoms with Crippen LogP contribution in [0.15, 0.2) is 23.2 Å². The lowest BCUT2D eigenvalue weighted by Gasteiger charge is -2.47. The van der Waals surface area contributed by atoms with Gasteiger partial charge in [0.25, 0.3) is 5.91 Å². The summed E-state index contributed by atoms with van der Waals surface area (Å²) in [5.74, 6) is 0.988. The van der Waals surface area contributed by atoms with Gasteiger partial charge in [-0.05, 0) is 50.0 Å². The van der Waals surface area contributed by atoms with Crippen molar-refractivity contribution in [2.75, 3.05) is 69.6 Å². The molecule has 41 heavy (non-hydrogen) atoms. The largest absolute Gasteiger partial charge is 0.395 e. The Morgan fingerprint density at radius 1 is 1.20 bits per heavy atom. The second kappa shape index (κ2) is 13.5. The Morgan fingerprint density at radius 3 is 2.71 bits per heavy atom. The number of nitrogens with zero attached hydrogens (tertiary/aromatic N) is 6. The molecule has 2 aromatic rings. The van der Waals surface area contributed by atoms with Gasteiger partial charge in [0.15, 0.2) is 22.5 Å². The first-order chi connectivity index (χ1) is 19.9.